The molecule has 25 heavy (non-hydrogen) atoms. The first kappa shape index (κ1) is 18.3. The standard InChI is InChI=1S/C17H21N3O5/c1-6-25-17(22)13-10(2)19-20(3)15(13)18-16(21)14-11(23-4)8-7-9-12(14)24-5/h7-9H,6H2,1-5H3,(H,18,21). The highest BCUT2D eigenvalue weighted by atomic mass is 16.5. The molecule has 0 radical (unpaired) electrons. The molecule has 0 atom stereocenters. The summed E-state index contributed by atoms with van der Waals surface area (Å²) in [5, 5.41) is 6.89. The zero-order valence-corrected chi connectivity index (χ0v) is 14.9. The molecule has 1 aromatic heterocycles. The van der Waals surface area contributed by atoms with Crippen LogP contribution < -0.4 is 14.8 Å². The normalized spacial score (nSPS) is 10.3. The lowest BCUT2D eigenvalue weighted by Gasteiger charge is -2.13. The summed E-state index contributed by atoms with van der Waals surface area (Å²) in [4.78, 5) is 25.0. The Balaban J connectivity index is 2.45. The average Bonchev–Trinajstić information content (AvgIpc) is 2.87. The van der Waals surface area contributed by atoms with E-state index in [2.05, 4.69) is 10.4 Å². The number of anilines is 1. The third-order valence-electron chi connectivity index (χ3n) is 3.59. The van der Waals surface area contributed by atoms with Crippen LogP contribution in [0.1, 0.15) is 33.3 Å². The van der Waals surface area contributed by atoms with E-state index in [-0.39, 0.29) is 23.6 Å². The van der Waals surface area contributed by atoms with Crippen molar-refractivity contribution in [3.63, 3.8) is 0 Å². The van der Waals surface area contributed by atoms with E-state index < -0.39 is 11.9 Å². The van der Waals surface area contributed by atoms with E-state index in [1.807, 2.05) is 0 Å². The van der Waals surface area contributed by atoms with Crippen LogP contribution >= 0.6 is 0 Å². The molecule has 0 aliphatic rings. The van der Waals surface area contributed by atoms with Gasteiger partial charge in [-0.3, -0.25) is 9.48 Å². The largest absolute Gasteiger partial charge is 0.496 e. The van der Waals surface area contributed by atoms with Crippen LogP contribution in [0.15, 0.2) is 18.2 Å². The molecule has 0 unspecified atom stereocenters. The molecule has 1 amide bonds. The number of aryl methyl sites for hydroxylation is 2. The fraction of sp³-hybridized carbons (Fsp3) is 0.353. The molecule has 134 valence electrons. The Morgan fingerprint density at radius 1 is 1.16 bits per heavy atom. The minimum Gasteiger partial charge on any atom is -0.496 e. The molecule has 0 aliphatic heterocycles. The van der Waals surface area contributed by atoms with Crippen LogP contribution in [0.5, 0.6) is 11.5 Å². The second-order valence-corrected chi connectivity index (χ2v) is 5.14. The average molecular weight is 347 g/mol. The number of rotatable bonds is 6. The zero-order valence-electron chi connectivity index (χ0n) is 14.9. The first-order chi connectivity index (χ1) is 11.9. The minimum absolute atomic E-state index is 0.214. The summed E-state index contributed by atoms with van der Waals surface area (Å²) in [7, 11) is 4.55. The van der Waals surface area contributed by atoms with Crippen molar-refractivity contribution >= 4 is 17.7 Å². The number of carbonyl (C=O) groups excluding carboxylic acids is 2. The number of nitrogens with zero attached hydrogens (tertiary/aromatic N) is 2. The van der Waals surface area contributed by atoms with Crippen LogP contribution in [-0.2, 0) is 11.8 Å². The Morgan fingerprint density at radius 3 is 2.28 bits per heavy atom. The number of benzene rings is 1. The molecule has 0 spiro atoms. The summed E-state index contributed by atoms with van der Waals surface area (Å²) in [6.45, 7) is 3.61. The summed E-state index contributed by atoms with van der Waals surface area (Å²) in [5.74, 6) is -0.0750. The second kappa shape index (κ2) is 7.69. The molecule has 1 N–H and O–H groups in total. The third kappa shape index (κ3) is 3.57. The number of esters is 1. The lowest BCUT2D eigenvalue weighted by Crippen LogP contribution is -2.19. The second-order valence-electron chi connectivity index (χ2n) is 5.14. The highest BCUT2D eigenvalue weighted by molar-refractivity contribution is 6.10. The molecule has 1 heterocycles. The molecule has 0 saturated carbocycles. The molecule has 8 heteroatoms. The van der Waals surface area contributed by atoms with E-state index in [4.69, 9.17) is 14.2 Å². The van der Waals surface area contributed by atoms with Gasteiger partial charge in [-0.05, 0) is 26.0 Å². The van der Waals surface area contributed by atoms with Gasteiger partial charge in [-0.2, -0.15) is 5.10 Å². The van der Waals surface area contributed by atoms with E-state index in [1.165, 1.54) is 18.9 Å². The molecule has 2 aromatic rings. The van der Waals surface area contributed by atoms with E-state index in [0.717, 1.165) is 0 Å². The number of amides is 1. The van der Waals surface area contributed by atoms with Crippen molar-refractivity contribution in [2.24, 2.45) is 7.05 Å². The fourth-order valence-corrected chi connectivity index (χ4v) is 2.49. The maximum Gasteiger partial charge on any atom is 0.343 e. The van der Waals surface area contributed by atoms with Crippen LogP contribution in [0.2, 0.25) is 0 Å². The lowest BCUT2D eigenvalue weighted by molar-refractivity contribution is 0.0526. The Kier molecular flexibility index (Phi) is 5.63. The van der Waals surface area contributed by atoms with Crippen LogP contribution in [0.4, 0.5) is 5.82 Å². The number of hydrogen-bond acceptors (Lipinski definition) is 6. The lowest BCUT2D eigenvalue weighted by atomic mass is 10.1. The first-order valence-electron chi connectivity index (χ1n) is 7.67. The van der Waals surface area contributed by atoms with Crippen LogP contribution in [0.25, 0.3) is 0 Å². The van der Waals surface area contributed by atoms with E-state index in [9.17, 15) is 9.59 Å². The van der Waals surface area contributed by atoms with Gasteiger partial charge < -0.3 is 19.5 Å². The summed E-state index contributed by atoms with van der Waals surface area (Å²) >= 11 is 0. The summed E-state index contributed by atoms with van der Waals surface area (Å²) < 4.78 is 17.0. The van der Waals surface area contributed by atoms with E-state index >= 15 is 0 Å². The van der Waals surface area contributed by atoms with Gasteiger partial charge in [0.1, 0.15) is 28.4 Å². The zero-order chi connectivity index (χ0) is 18.6. The van der Waals surface area contributed by atoms with Gasteiger partial charge in [0.05, 0.1) is 26.5 Å². The quantitative estimate of drug-likeness (QED) is 0.805. The smallest absolute Gasteiger partial charge is 0.343 e. The van der Waals surface area contributed by atoms with Gasteiger partial charge in [0.15, 0.2) is 0 Å². The molecular formula is C17H21N3O5. The number of carbonyl (C=O) groups is 2. The van der Waals surface area contributed by atoms with Gasteiger partial charge in [-0.1, -0.05) is 6.07 Å². The topological polar surface area (TPSA) is 91.7 Å². The van der Waals surface area contributed by atoms with Gasteiger partial charge in [0.2, 0.25) is 0 Å². The van der Waals surface area contributed by atoms with Gasteiger partial charge >= 0.3 is 5.97 Å². The Labute approximate surface area is 145 Å². The third-order valence-corrected chi connectivity index (χ3v) is 3.59. The van der Waals surface area contributed by atoms with Crippen LogP contribution in [-0.4, -0.2) is 42.5 Å². The SMILES string of the molecule is CCOC(=O)c1c(C)nn(C)c1NC(=O)c1c(OC)cccc1OC. The Morgan fingerprint density at radius 2 is 1.76 bits per heavy atom. The molecule has 8 nitrogen and oxygen atoms in total. The predicted octanol–water partition coefficient (Wildman–Crippen LogP) is 2.17. The predicted molar refractivity (Wildman–Crippen MR) is 91.4 cm³/mol. The van der Waals surface area contributed by atoms with Gasteiger partial charge in [-0.25, -0.2) is 4.79 Å². The van der Waals surface area contributed by atoms with Crippen molar-refractivity contribution in [2.45, 2.75) is 13.8 Å². The monoisotopic (exact) mass is 347 g/mol. The van der Waals surface area contributed by atoms with Crippen LogP contribution in [0.3, 0.4) is 0 Å². The molecule has 2 rings (SSSR count). The van der Waals surface area contributed by atoms with Crippen molar-refractivity contribution in [2.75, 3.05) is 26.1 Å². The maximum absolute atomic E-state index is 12.8. The first-order valence-corrected chi connectivity index (χ1v) is 7.67. The summed E-state index contributed by atoms with van der Waals surface area (Å²) in [5.41, 5.74) is 0.899. The highest BCUT2D eigenvalue weighted by Gasteiger charge is 2.25. The summed E-state index contributed by atoms with van der Waals surface area (Å²) in [6.07, 6.45) is 0. The number of nitrogens with one attached hydrogen (secondary N) is 1. The molecule has 1 aromatic carbocycles. The molecule has 0 fully saturated rings. The maximum atomic E-state index is 12.8. The number of aromatic nitrogens is 2. The fourth-order valence-electron chi connectivity index (χ4n) is 2.49. The highest BCUT2D eigenvalue weighted by Crippen LogP contribution is 2.30. The molecule has 0 saturated heterocycles. The molecular weight excluding hydrogens is 326 g/mol. The van der Waals surface area contributed by atoms with Crippen molar-refractivity contribution in [1.82, 2.24) is 9.78 Å². The number of hydrogen-bond donors (Lipinski definition) is 1. The van der Waals surface area contributed by atoms with E-state index in [0.29, 0.717) is 17.2 Å². The van der Waals surface area contributed by atoms with Crippen molar-refractivity contribution in [3.05, 3.63) is 35.0 Å². The van der Waals surface area contributed by atoms with Gasteiger partial charge in [0, 0.05) is 7.05 Å². The van der Waals surface area contributed by atoms with Crippen LogP contribution in [0, 0.1) is 6.92 Å². The van der Waals surface area contributed by atoms with Crippen molar-refractivity contribution in [1.29, 1.82) is 0 Å². The Bertz CT molecular complexity index is 776. The minimum atomic E-state index is -0.546. The summed E-state index contributed by atoms with van der Waals surface area (Å²) in [6, 6.07) is 5.02. The Hall–Kier alpha value is -3.03. The number of ether oxygens (including phenoxy) is 3. The van der Waals surface area contributed by atoms with Crippen molar-refractivity contribution < 1.29 is 23.8 Å². The van der Waals surface area contributed by atoms with Gasteiger partial charge in [0.25, 0.3) is 5.91 Å². The van der Waals surface area contributed by atoms with Gasteiger partial charge in [-0.15, -0.1) is 0 Å². The van der Waals surface area contributed by atoms with E-state index in [1.54, 1.807) is 39.1 Å². The molecule has 0 aliphatic carbocycles. The van der Waals surface area contributed by atoms with Crippen molar-refractivity contribution in [3.8, 4) is 11.5 Å². The number of methoxy groups -OCH3 is 2. The molecule has 0 bridgehead atoms.